The molecule has 0 rings (SSSR count). The van der Waals surface area contributed by atoms with Crippen molar-refractivity contribution in [2.45, 2.75) is 39.2 Å². The second kappa shape index (κ2) is 6.64. The molecule has 0 heterocycles. The number of hydrogen-bond acceptors (Lipinski definition) is 1. The van der Waals surface area contributed by atoms with Gasteiger partial charge in [0.25, 0.3) is 0 Å². The van der Waals surface area contributed by atoms with E-state index in [-0.39, 0.29) is 0 Å². The molecule has 0 unspecified atom stereocenters. The summed E-state index contributed by atoms with van der Waals surface area (Å²) >= 11 is 0. The quantitative estimate of drug-likeness (QED) is 0.452. The maximum atomic E-state index is 5.10. The molecule has 0 aliphatic carbocycles. The van der Waals surface area contributed by atoms with Gasteiger partial charge in [0.1, 0.15) is 0 Å². The molecule has 0 saturated heterocycles. The summed E-state index contributed by atoms with van der Waals surface area (Å²) in [6, 6.07) is 0.603. The summed E-state index contributed by atoms with van der Waals surface area (Å²) in [5.74, 6) is 2.63. The van der Waals surface area contributed by atoms with Gasteiger partial charge in [-0.3, -0.25) is 0 Å². The van der Waals surface area contributed by atoms with E-state index in [2.05, 4.69) is 25.1 Å². The normalized spacial score (nSPS) is 9.80. The minimum absolute atomic E-state index is 0.603. The average Bonchev–Trinajstić information content (AvgIpc) is 1.87. The molecule has 1 nitrogen and oxygen atoms in total. The summed E-state index contributed by atoms with van der Waals surface area (Å²) in [5.41, 5.74) is 0. The van der Waals surface area contributed by atoms with Crippen molar-refractivity contribution in [2.75, 3.05) is 6.54 Å². The lowest BCUT2D eigenvalue weighted by Crippen LogP contribution is -2.23. The smallest absolute Gasteiger partial charge is 0.00865 e. The topological polar surface area (TPSA) is 12.0 Å². The van der Waals surface area contributed by atoms with Crippen molar-refractivity contribution in [3.05, 3.63) is 0 Å². The standard InChI is InChI=1S/C9H17N/c1-4-5-6-7-8-10-9(2)3/h1,9-10H,5-8H2,2-3H3. The Labute approximate surface area is 64.2 Å². The Morgan fingerprint density at radius 1 is 1.40 bits per heavy atom. The fourth-order valence-electron chi connectivity index (χ4n) is 0.743. The molecule has 0 aliphatic rings. The van der Waals surface area contributed by atoms with Gasteiger partial charge in [0.15, 0.2) is 0 Å². The first-order valence-corrected chi connectivity index (χ1v) is 3.94. The van der Waals surface area contributed by atoms with Gasteiger partial charge in [0, 0.05) is 12.5 Å². The van der Waals surface area contributed by atoms with Crippen LogP contribution < -0.4 is 5.32 Å². The molecule has 0 spiro atoms. The molecule has 0 atom stereocenters. The largest absolute Gasteiger partial charge is 0.315 e. The summed E-state index contributed by atoms with van der Waals surface area (Å²) in [4.78, 5) is 0. The number of unbranched alkanes of at least 4 members (excludes halogenated alkanes) is 2. The van der Waals surface area contributed by atoms with E-state index in [1.807, 2.05) is 0 Å². The maximum Gasteiger partial charge on any atom is 0.00865 e. The highest BCUT2D eigenvalue weighted by Crippen LogP contribution is 1.91. The van der Waals surface area contributed by atoms with Crippen molar-refractivity contribution < 1.29 is 0 Å². The fraction of sp³-hybridized carbons (Fsp3) is 0.778. The number of terminal acetylenes is 1. The van der Waals surface area contributed by atoms with E-state index in [1.165, 1.54) is 6.42 Å². The van der Waals surface area contributed by atoms with Crippen LogP contribution in [-0.2, 0) is 0 Å². The zero-order chi connectivity index (χ0) is 7.82. The average molecular weight is 139 g/mol. The van der Waals surface area contributed by atoms with Gasteiger partial charge in [0.2, 0.25) is 0 Å². The van der Waals surface area contributed by atoms with Crippen LogP contribution in [0.5, 0.6) is 0 Å². The highest BCUT2D eigenvalue weighted by Gasteiger charge is 1.89. The highest BCUT2D eigenvalue weighted by atomic mass is 14.9. The van der Waals surface area contributed by atoms with Gasteiger partial charge in [-0.25, -0.2) is 0 Å². The van der Waals surface area contributed by atoms with E-state index in [1.54, 1.807) is 0 Å². The molecular formula is C9H17N. The molecule has 0 aromatic carbocycles. The van der Waals surface area contributed by atoms with Gasteiger partial charge in [-0.05, 0) is 19.4 Å². The number of nitrogens with one attached hydrogen (secondary N) is 1. The van der Waals surface area contributed by atoms with Crippen LogP contribution in [0.2, 0.25) is 0 Å². The first-order valence-electron chi connectivity index (χ1n) is 3.94. The molecule has 58 valence electrons. The molecule has 0 aromatic rings. The summed E-state index contributed by atoms with van der Waals surface area (Å²) in [6.07, 6.45) is 8.36. The zero-order valence-corrected chi connectivity index (χ0v) is 6.98. The SMILES string of the molecule is C#CCCCCNC(C)C. The summed E-state index contributed by atoms with van der Waals surface area (Å²) < 4.78 is 0. The van der Waals surface area contributed by atoms with Crippen molar-refractivity contribution in [3.63, 3.8) is 0 Å². The van der Waals surface area contributed by atoms with E-state index in [4.69, 9.17) is 6.42 Å². The first-order chi connectivity index (χ1) is 4.77. The molecule has 0 saturated carbocycles. The Bertz CT molecular complexity index is 99.8. The van der Waals surface area contributed by atoms with Crippen molar-refractivity contribution in [3.8, 4) is 12.3 Å². The monoisotopic (exact) mass is 139 g/mol. The van der Waals surface area contributed by atoms with E-state index < -0.39 is 0 Å². The van der Waals surface area contributed by atoms with Crippen molar-refractivity contribution in [2.24, 2.45) is 0 Å². The second-order valence-electron chi connectivity index (χ2n) is 2.77. The van der Waals surface area contributed by atoms with E-state index in [9.17, 15) is 0 Å². The molecule has 0 amide bonds. The van der Waals surface area contributed by atoms with Crippen LogP contribution in [0.15, 0.2) is 0 Å². The van der Waals surface area contributed by atoms with Crippen LogP contribution in [-0.4, -0.2) is 12.6 Å². The molecule has 0 aromatic heterocycles. The lowest BCUT2D eigenvalue weighted by atomic mass is 10.2. The van der Waals surface area contributed by atoms with Crippen LogP contribution in [0.3, 0.4) is 0 Å². The van der Waals surface area contributed by atoms with Gasteiger partial charge >= 0.3 is 0 Å². The van der Waals surface area contributed by atoms with Gasteiger partial charge in [-0.2, -0.15) is 0 Å². The maximum absolute atomic E-state index is 5.10. The predicted octanol–water partition coefficient (Wildman–Crippen LogP) is 1.79. The van der Waals surface area contributed by atoms with Crippen molar-refractivity contribution in [1.82, 2.24) is 5.32 Å². The van der Waals surface area contributed by atoms with E-state index >= 15 is 0 Å². The first kappa shape index (κ1) is 9.52. The van der Waals surface area contributed by atoms with E-state index in [0.29, 0.717) is 6.04 Å². The Kier molecular flexibility index (Phi) is 6.32. The third kappa shape index (κ3) is 7.52. The van der Waals surface area contributed by atoms with Gasteiger partial charge < -0.3 is 5.32 Å². The molecule has 0 radical (unpaired) electrons. The van der Waals surface area contributed by atoms with Gasteiger partial charge in [-0.1, -0.05) is 13.8 Å². The number of rotatable bonds is 5. The lowest BCUT2D eigenvalue weighted by molar-refractivity contribution is 0.561. The highest BCUT2D eigenvalue weighted by molar-refractivity contribution is 4.82. The van der Waals surface area contributed by atoms with Gasteiger partial charge in [-0.15, -0.1) is 12.3 Å². The Morgan fingerprint density at radius 2 is 2.10 bits per heavy atom. The summed E-state index contributed by atoms with van der Waals surface area (Å²) in [7, 11) is 0. The van der Waals surface area contributed by atoms with Crippen LogP contribution in [0.25, 0.3) is 0 Å². The molecular weight excluding hydrogens is 122 g/mol. The minimum atomic E-state index is 0.603. The Balaban J connectivity index is 2.86. The Morgan fingerprint density at radius 3 is 2.60 bits per heavy atom. The van der Waals surface area contributed by atoms with Crippen LogP contribution in [0.4, 0.5) is 0 Å². The molecule has 10 heavy (non-hydrogen) atoms. The Hall–Kier alpha value is -0.480. The zero-order valence-electron chi connectivity index (χ0n) is 6.98. The molecule has 1 heteroatoms. The van der Waals surface area contributed by atoms with Crippen LogP contribution >= 0.6 is 0 Å². The third-order valence-corrected chi connectivity index (χ3v) is 1.30. The van der Waals surface area contributed by atoms with Crippen molar-refractivity contribution >= 4 is 0 Å². The summed E-state index contributed by atoms with van der Waals surface area (Å²) in [5, 5.41) is 3.34. The minimum Gasteiger partial charge on any atom is -0.315 e. The molecule has 0 bridgehead atoms. The number of hydrogen-bond donors (Lipinski definition) is 1. The van der Waals surface area contributed by atoms with Crippen LogP contribution in [0.1, 0.15) is 33.1 Å². The predicted molar refractivity (Wildman–Crippen MR) is 45.8 cm³/mol. The van der Waals surface area contributed by atoms with Crippen molar-refractivity contribution in [1.29, 1.82) is 0 Å². The van der Waals surface area contributed by atoms with E-state index in [0.717, 1.165) is 19.4 Å². The second-order valence-corrected chi connectivity index (χ2v) is 2.77. The molecule has 1 N–H and O–H groups in total. The fourth-order valence-corrected chi connectivity index (χ4v) is 0.743. The molecule has 0 fully saturated rings. The van der Waals surface area contributed by atoms with Crippen LogP contribution in [0, 0.1) is 12.3 Å². The third-order valence-electron chi connectivity index (χ3n) is 1.30. The molecule has 0 aliphatic heterocycles. The lowest BCUT2D eigenvalue weighted by Gasteiger charge is -2.05. The summed E-state index contributed by atoms with van der Waals surface area (Å²) in [6.45, 7) is 5.40. The van der Waals surface area contributed by atoms with Gasteiger partial charge in [0.05, 0.1) is 0 Å².